The molecular formula is C32H58OSi. The molecule has 4 rings (SSSR count). The molecule has 0 N–H and O–H groups in total. The highest BCUT2D eigenvalue weighted by Crippen LogP contribution is 2.67. The SMILES string of the molecule is CCC(CC[C@@H](C)[C@H]1CC[C@H]2C3=CC[C@H]4C[C@@H](O[Si](C)(C)C)CC[C@]4(C)[C@H]3CC[C@]12C)C(C)C. The van der Waals surface area contributed by atoms with Crippen molar-refractivity contribution >= 4 is 8.32 Å². The van der Waals surface area contributed by atoms with Crippen LogP contribution in [0.25, 0.3) is 0 Å². The van der Waals surface area contributed by atoms with Crippen LogP contribution in [0.3, 0.4) is 0 Å². The van der Waals surface area contributed by atoms with E-state index in [1.54, 1.807) is 0 Å². The van der Waals surface area contributed by atoms with Crippen LogP contribution in [0.2, 0.25) is 19.6 Å². The zero-order valence-electron chi connectivity index (χ0n) is 24.4. The lowest BCUT2D eigenvalue weighted by Gasteiger charge is -2.58. The molecule has 34 heavy (non-hydrogen) atoms. The van der Waals surface area contributed by atoms with Gasteiger partial charge in [0.25, 0.3) is 0 Å². The molecule has 2 heteroatoms. The van der Waals surface area contributed by atoms with Gasteiger partial charge in [0.2, 0.25) is 0 Å². The Bertz CT molecular complexity index is 734. The fourth-order valence-electron chi connectivity index (χ4n) is 9.74. The highest BCUT2D eigenvalue weighted by molar-refractivity contribution is 6.69. The summed E-state index contributed by atoms with van der Waals surface area (Å²) in [6, 6.07) is 0. The van der Waals surface area contributed by atoms with Crippen molar-refractivity contribution < 1.29 is 4.43 Å². The van der Waals surface area contributed by atoms with Gasteiger partial charge in [0.1, 0.15) is 0 Å². The van der Waals surface area contributed by atoms with Crippen molar-refractivity contribution in [1.82, 2.24) is 0 Å². The largest absolute Gasteiger partial charge is 0.415 e. The minimum absolute atomic E-state index is 0.528. The molecular weight excluding hydrogens is 428 g/mol. The fraction of sp³-hybridized carbons (Fsp3) is 0.938. The molecule has 0 radical (unpaired) electrons. The van der Waals surface area contributed by atoms with Gasteiger partial charge in [-0.15, -0.1) is 0 Å². The number of fused-ring (bicyclic) bond motifs is 5. The van der Waals surface area contributed by atoms with E-state index in [1.807, 2.05) is 5.57 Å². The topological polar surface area (TPSA) is 9.23 Å². The van der Waals surface area contributed by atoms with Crippen LogP contribution in [0.1, 0.15) is 112 Å². The van der Waals surface area contributed by atoms with E-state index in [1.165, 1.54) is 70.6 Å². The van der Waals surface area contributed by atoms with E-state index in [2.05, 4.69) is 67.3 Å². The van der Waals surface area contributed by atoms with Crippen LogP contribution in [0.4, 0.5) is 0 Å². The van der Waals surface area contributed by atoms with Crippen LogP contribution in [0, 0.1) is 52.3 Å². The first-order valence-electron chi connectivity index (χ1n) is 15.3. The number of hydrogen-bond acceptors (Lipinski definition) is 1. The average Bonchev–Trinajstić information content (AvgIpc) is 3.10. The molecule has 0 spiro atoms. The molecule has 4 aliphatic rings. The predicted octanol–water partition coefficient (Wildman–Crippen LogP) is 9.88. The third kappa shape index (κ3) is 5.03. The van der Waals surface area contributed by atoms with Gasteiger partial charge >= 0.3 is 0 Å². The maximum atomic E-state index is 6.62. The lowest BCUT2D eigenvalue weighted by atomic mass is 9.47. The van der Waals surface area contributed by atoms with Crippen LogP contribution < -0.4 is 0 Å². The molecule has 0 bridgehead atoms. The first kappa shape index (κ1) is 27.0. The average molecular weight is 487 g/mol. The summed E-state index contributed by atoms with van der Waals surface area (Å²) < 4.78 is 6.62. The Morgan fingerprint density at radius 1 is 0.941 bits per heavy atom. The summed E-state index contributed by atoms with van der Waals surface area (Å²) in [5, 5.41) is 0. The summed E-state index contributed by atoms with van der Waals surface area (Å²) in [5.41, 5.74) is 3.02. The van der Waals surface area contributed by atoms with Crippen molar-refractivity contribution in [2.75, 3.05) is 0 Å². The van der Waals surface area contributed by atoms with Crippen LogP contribution >= 0.6 is 0 Å². The molecule has 0 heterocycles. The highest BCUT2D eigenvalue weighted by Gasteiger charge is 2.58. The summed E-state index contributed by atoms with van der Waals surface area (Å²) in [5.74, 6) is 6.17. The summed E-state index contributed by atoms with van der Waals surface area (Å²) >= 11 is 0. The summed E-state index contributed by atoms with van der Waals surface area (Å²) in [6.45, 7) is 22.4. The third-order valence-electron chi connectivity index (χ3n) is 11.8. The maximum absolute atomic E-state index is 6.62. The Balaban J connectivity index is 1.46. The van der Waals surface area contributed by atoms with Gasteiger partial charge in [-0.05, 0) is 130 Å². The van der Waals surface area contributed by atoms with Crippen molar-refractivity contribution in [1.29, 1.82) is 0 Å². The molecule has 0 aromatic rings. The normalized spacial score (nSPS) is 41.9. The predicted molar refractivity (Wildman–Crippen MR) is 150 cm³/mol. The molecule has 3 fully saturated rings. The third-order valence-corrected chi connectivity index (χ3v) is 12.8. The zero-order chi connectivity index (χ0) is 24.9. The van der Waals surface area contributed by atoms with E-state index < -0.39 is 8.32 Å². The standard InChI is InChI=1S/C32H58OSi/c1-10-24(22(2)3)12-11-23(4)28-15-16-29-27-14-13-25-21-26(33-34(7,8)9)17-19-31(25,5)30(27)18-20-32(28,29)6/h14,22-26,28-30H,10-13,15-21H2,1-9H3/t23-,24?,25+,26+,28-,29+,30+,31+,32-/m1/s1. The van der Waals surface area contributed by atoms with E-state index in [-0.39, 0.29) is 0 Å². The molecule has 1 unspecified atom stereocenters. The Labute approximate surface area is 214 Å². The summed E-state index contributed by atoms with van der Waals surface area (Å²) in [4.78, 5) is 0. The molecule has 196 valence electrons. The molecule has 0 aliphatic heterocycles. The quantitative estimate of drug-likeness (QED) is 0.245. The molecule has 9 atom stereocenters. The summed E-state index contributed by atoms with van der Waals surface area (Å²) in [6.07, 6.45) is 18.8. The van der Waals surface area contributed by atoms with Crippen molar-refractivity contribution in [2.45, 2.75) is 138 Å². The van der Waals surface area contributed by atoms with E-state index in [0.717, 1.165) is 41.4 Å². The maximum Gasteiger partial charge on any atom is 0.184 e. The van der Waals surface area contributed by atoms with Gasteiger partial charge in [-0.1, -0.05) is 66.0 Å². The Morgan fingerprint density at radius 2 is 1.62 bits per heavy atom. The number of rotatable bonds is 8. The molecule has 1 nitrogen and oxygen atoms in total. The van der Waals surface area contributed by atoms with Crippen molar-refractivity contribution in [3.8, 4) is 0 Å². The molecule has 0 aromatic heterocycles. The van der Waals surface area contributed by atoms with Gasteiger partial charge in [0.15, 0.2) is 8.32 Å². The molecule has 0 amide bonds. The lowest BCUT2D eigenvalue weighted by Crippen LogP contribution is -2.50. The highest BCUT2D eigenvalue weighted by atomic mass is 28.4. The van der Waals surface area contributed by atoms with Gasteiger partial charge in [-0.2, -0.15) is 0 Å². The second kappa shape index (κ2) is 10.00. The first-order chi connectivity index (χ1) is 15.9. The van der Waals surface area contributed by atoms with Gasteiger partial charge in [-0.3, -0.25) is 0 Å². The first-order valence-corrected chi connectivity index (χ1v) is 18.7. The van der Waals surface area contributed by atoms with E-state index in [0.29, 0.717) is 16.9 Å². The fourth-order valence-corrected chi connectivity index (χ4v) is 11.0. The Hall–Kier alpha value is -0.0831. The molecule has 4 aliphatic carbocycles. The summed E-state index contributed by atoms with van der Waals surface area (Å²) in [7, 11) is -1.44. The minimum Gasteiger partial charge on any atom is -0.415 e. The van der Waals surface area contributed by atoms with Crippen molar-refractivity contribution in [3.63, 3.8) is 0 Å². The number of hydrogen-bond donors (Lipinski definition) is 0. The van der Waals surface area contributed by atoms with Crippen molar-refractivity contribution in [2.24, 2.45) is 52.3 Å². The van der Waals surface area contributed by atoms with Gasteiger partial charge in [-0.25, -0.2) is 0 Å². The van der Waals surface area contributed by atoms with Crippen LogP contribution in [0.15, 0.2) is 11.6 Å². The smallest absolute Gasteiger partial charge is 0.184 e. The van der Waals surface area contributed by atoms with Gasteiger partial charge in [0, 0.05) is 6.10 Å². The van der Waals surface area contributed by atoms with Gasteiger partial charge < -0.3 is 4.43 Å². The van der Waals surface area contributed by atoms with E-state index >= 15 is 0 Å². The van der Waals surface area contributed by atoms with E-state index in [4.69, 9.17) is 4.43 Å². The second-order valence-electron chi connectivity index (χ2n) is 15.1. The monoisotopic (exact) mass is 486 g/mol. The molecule has 0 aromatic carbocycles. The van der Waals surface area contributed by atoms with Crippen LogP contribution in [0.5, 0.6) is 0 Å². The van der Waals surface area contributed by atoms with E-state index in [9.17, 15) is 0 Å². The zero-order valence-corrected chi connectivity index (χ0v) is 25.4. The van der Waals surface area contributed by atoms with Crippen LogP contribution in [-0.4, -0.2) is 14.4 Å². The Kier molecular flexibility index (Phi) is 7.93. The number of allylic oxidation sites excluding steroid dienone is 2. The minimum atomic E-state index is -1.44. The van der Waals surface area contributed by atoms with Gasteiger partial charge in [0.05, 0.1) is 0 Å². The van der Waals surface area contributed by atoms with Crippen molar-refractivity contribution in [3.05, 3.63) is 11.6 Å². The lowest BCUT2D eigenvalue weighted by molar-refractivity contribution is -0.0385. The molecule has 0 saturated heterocycles. The second-order valence-corrected chi connectivity index (χ2v) is 19.5. The molecule has 3 saturated carbocycles. The van der Waals surface area contributed by atoms with Crippen LogP contribution in [-0.2, 0) is 4.43 Å². The Morgan fingerprint density at radius 3 is 2.26 bits per heavy atom.